The second-order valence-corrected chi connectivity index (χ2v) is 7.41. The molecule has 1 saturated heterocycles. The number of halogens is 2. The van der Waals surface area contributed by atoms with Crippen LogP contribution in [-0.2, 0) is 0 Å². The quantitative estimate of drug-likeness (QED) is 0.797. The summed E-state index contributed by atoms with van der Waals surface area (Å²) in [6.07, 6.45) is 3.59. The van der Waals surface area contributed by atoms with E-state index in [9.17, 15) is 9.59 Å². The molecule has 0 aliphatic carbocycles. The molecule has 1 atom stereocenters. The molecule has 1 aliphatic heterocycles. The van der Waals surface area contributed by atoms with Crippen LogP contribution in [0.3, 0.4) is 0 Å². The van der Waals surface area contributed by atoms with E-state index in [0.717, 1.165) is 30.9 Å². The molecule has 6 nitrogen and oxygen atoms in total. The summed E-state index contributed by atoms with van der Waals surface area (Å²) in [6.45, 7) is 5.54. The van der Waals surface area contributed by atoms with Gasteiger partial charge in [-0.25, -0.2) is 9.78 Å². The monoisotopic (exact) mass is 433 g/mol. The summed E-state index contributed by atoms with van der Waals surface area (Å²) in [5.74, 6) is 0.603. The van der Waals surface area contributed by atoms with Crippen LogP contribution in [0.4, 0.5) is 0 Å². The Morgan fingerprint density at radius 1 is 1.37 bits per heavy atom. The molecule has 0 bridgehead atoms. The number of hydrogen-bond acceptors (Lipinski definition) is 6. The number of amides is 1. The largest absolute Gasteiger partial charge is 0.427 e. The van der Waals surface area contributed by atoms with Gasteiger partial charge in [0.05, 0.1) is 6.04 Å². The van der Waals surface area contributed by atoms with Crippen molar-refractivity contribution in [1.29, 1.82) is 0 Å². The van der Waals surface area contributed by atoms with Crippen molar-refractivity contribution in [1.82, 2.24) is 15.2 Å². The molecule has 9 heteroatoms. The highest BCUT2D eigenvalue weighted by atomic mass is 35.5. The topological polar surface area (TPSA) is 75.4 Å². The molecule has 3 rings (SSSR count). The average Bonchev–Trinajstić information content (AvgIpc) is 3.15. The molecule has 1 N–H and O–H groups in total. The highest BCUT2D eigenvalue weighted by Crippen LogP contribution is 2.27. The van der Waals surface area contributed by atoms with Crippen LogP contribution in [-0.4, -0.2) is 35.9 Å². The summed E-state index contributed by atoms with van der Waals surface area (Å²) in [4.78, 5) is 31.2. The molecule has 0 saturated carbocycles. The summed E-state index contributed by atoms with van der Waals surface area (Å²) in [5, 5.41) is 6.01. The Bertz CT molecular complexity index is 805. The van der Waals surface area contributed by atoms with E-state index in [4.69, 9.17) is 4.42 Å². The van der Waals surface area contributed by atoms with Crippen LogP contribution in [0.1, 0.15) is 58.4 Å². The highest BCUT2D eigenvalue weighted by Gasteiger charge is 2.27. The lowest BCUT2D eigenvalue weighted by molar-refractivity contribution is 0.0736. The number of carbonyl (C=O) groups is 1. The normalized spacial score (nSPS) is 15.4. The van der Waals surface area contributed by atoms with Gasteiger partial charge in [0.2, 0.25) is 0 Å². The molecule has 2 aromatic heterocycles. The van der Waals surface area contributed by atoms with E-state index in [1.165, 1.54) is 11.3 Å². The van der Waals surface area contributed by atoms with Crippen molar-refractivity contribution in [3.8, 4) is 0 Å². The van der Waals surface area contributed by atoms with Crippen molar-refractivity contribution >= 4 is 42.1 Å². The van der Waals surface area contributed by atoms with Gasteiger partial charge in [-0.15, -0.1) is 36.2 Å². The summed E-state index contributed by atoms with van der Waals surface area (Å²) in [7, 11) is 1.69. The SMILES string of the molecule is Cc1cc(C2CCNCC2)oc(=O)c1C(=O)N(C)C(C)c1nccs1.Cl.Cl. The lowest BCUT2D eigenvalue weighted by atomic mass is 9.94. The van der Waals surface area contributed by atoms with E-state index in [-0.39, 0.29) is 48.2 Å². The maximum Gasteiger partial charge on any atom is 0.349 e. The summed E-state index contributed by atoms with van der Waals surface area (Å²) in [6, 6.07) is 1.65. The van der Waals surface area contributed by atoms with Crippen LogP contribution in [0.5, 0.6) is 0 Å². The van der Waals surface area contributed by atoms with Crippen LogP contribution < -0.4 is 10.9 Å². The highest BCUT2D eigenvalue weighted by molar-refractivity contribution is 7.09. The van der Waals surface area contributed by atoms with E-state index >= 15 is 0 Å². The molecule has 3 heterocycles. The number of nitrogens with one attached hydrogen (secondary N) is 1. The molecule has 0 aromatic carbocycles. The standard InChI is InChI=1S/C18H23N3O3S.2ClH/c1-11-10-14(13-4-6-19-7-5-13)24-18(23)15(11)17(22)21(3)12(2)16-20-8-9-25-16;;/h8-10,12-13,19H,4-7H2,1-3H3;2*1H. The zero-order chi connectivity index (χ0) is 18.0. The first kappa shape index (κ1) is 23.6. The Labute approximate surface area is 175 Å². The fourth-order valence-corrected chi connectivity index (χ4v) is 3.89. The van der Waals surface area contributed by atoms with E-state index in [2.05, 4.69) is 10.3 Å². The van der Waals surface area contributed by atoms with Crippen LogP contribution in [0.25, 0.3) is 0 Å². The van der Waals surface area contributed by atoms with E-state index in [1.807, 2.05) is 18.4 Å². The number of rotatable bonds is 4. The number of carbonyl (C=O) groups excluding carboxylic acids is 1. The molecular formula is C18H25Cl2N3O3S. The number of thiazole rings is 1. The molecule has 2 aromatic rings. The maximum atomic E-state index is 12.8. The van der Waals surface area contributed by atoms with Crippen molar-refractivity contribution < 1.29 is 9.21 Å². The van der Waals surface area contributed by atoms with Crippen molar-refractivity contribution in [2.45, 2.75) is 38.6 Å². The van der Waals surface area contributed by atoms with Crippen LogP contribution >= 0.6 is 36.2 Å². The van der Waals surface area contributed by atoms with E-state index in [0.29, 0.717) is 11.3 Å². The average molecular weight is 434 g/mol. The lowest BCUT2D eigenvalue weighted by Crippen LogP contribution is -2.34. The molecular weight excluding hydrogens is 409 g/mol. The van der Waals surface area contributed by atoms with Gasteiger partial charge in [-0.1, -0.05) is 0 Å². The molecule has 0 spiro atoms. The Morgan fingerprint density at radius 2 is 2.04 bits per heavy atom. The Hall–Kier alpha value is -1.41. The zero-order valence-electron chi connectivity index (χ0n) is 15.6. The number of piperidine rings is 1. The Morgan fingerprint density at radius 3 is 2.59 bits per heavy atom. The third-order valence-corrected chi connectivity index (χ3v) is 5.78. The van der Waals surface area contributed by atoms with Crippen LogP contribution in [0.15, 0.2) is 26.9 Å². The minimum absolute atomic E-state index is 0. The van der Waals surface area contributed by atoms with Gasteiger partial charge in [0.25, 0.3) is 5.91 Å². The predicted octanol–water partition coefficient (Wildman–Crippen LogP) is 3.55. The zero-order valence-corrected chi connectivity index (χ0v) is 18.0. The Balaban J connectivity index is 0.00000182. The smallest absolute Gasteiger partial charge is 0.349 e. The van der Waals surface area contributed by atoms with E-state index < -0.39 is 5.63 Å². The minimum Gasteiger partial charge on any atom is -0.427 e. The van der Waals surface area contributed by atoms with Crippen molar-refractivity contribution in [3.63, 3.8) is 0 Å². The summed E-state index contributed by atoms with van der Waals surface area (Å²) in [5.41, 5.74) is 0.244. The number of aromatic nitrogens is 1. The minimum atomic E-state index is -0.545. The Kier molecular flexibility index (Phi) is 8.94. The first-order valence-corrected chi connectivity index (χ1v) is 9.39. The molecule has 1 amide bonds. The van der Waals surface area contributed by atoms with Gasteiger partial charge in [-0.05, 0) is 51.4 Å². The summed E-state index contributed by atoms with van der Waals surface area (Å²) >= 11 is 1.49. The molecule has 0 radical (unpaired) electrons. The van der Waals surface area contributed by atoms with Gasteiger partial charge in [-0.3, -0.25) is 4.79 Å². The molecule has 150 valence electrons. The molecule has 1 aliphatic rings. The van der Waals surface area contributed by atoms with Gasteiger partial charge >= 0.3 is 5.63 Å². The fraction of sp³-hybridized carbons (Fsp3) is 0.500. The van der Waals surface area contributed by atoms with Crippen LogP contribution in [0, 0.1) is 6.92 Å². The lowest BCUT2D eigenvalue weighted by Gasteiger charge is -2.24. The predicted molar refractivity (Wildman–Crippen MR) is 112 cm³/mol. The van der Waals surface area contributed by atoms with Crippen molar-refractivity contribution in [2.24, 2.45) is 0 Å². The number of hydrogen-bond donors (Lipinski definition) is 1. The third kappa shape index (κ3) is 5.10. The third-order valence-electron chi connectivity index (χ3n) is 4.83. The molecule has 1 fully saturated rings. The first-order chi connectivity index (χ1) is 12.0. The van der Waals surface area contributed by atoms with Gasteiger partial charge in [0.1, 0.15) is 16.3 Å². The second-order valence-electron chi connectivity index (χ2n) is 6.48. The maximum absolute atomic E-state index is 12.8. The molecule has 1 unspecified atom stereocenters. The number of nitrogens with zero attached hydrogens (tertiary/aromatic N) is 2. The van der Waals surface area contributed by atoms with Crippen molar-refractivity contribution in [3.05, 3.63) is 50.0 Å². The van der Waals surface area contributed by atoms with Gasteiger partial charge in [0, 0.05) is 24.5 Å². The summed E-state index contributed by atoms with van der Waals surface area (Å²) < 4.78 is 5.53. The van der Waals surface area contributed by atoms with Gasteiger partial charge in [-0.2, -0.15) is 0 Å². The van der Waals surface area contributed by atoms with Crippen molar-refractivity contribution in [2.75, 3.05) is 20.1 Å². The molecule has 27 heavy (non-hydrogen) atoms. The van der Waals surface area contributed by atoms with Crippen LogP contribution in [0.2, 0.25) is 0 Å². The first-order valence-electron chi connectivity index (χ1n) is 8.51. The number of aryl methyl sites for hydroxylation is 1. The van der Waals surface area contributed by atoms with Gasteiger partial charge < -0.3 is 14.6 Å². The van der Waals surface area contributed by atoms with E-state index in [1.54, 1.807) is 25.1 Å². The van der Waals surface area contributed by atoms with Gasteiger partial charge in [0.15, 0.2) is 0 Å². The second kappa shape index (κ2) is 10.2. The fourth-order valence-electron chi connectivity index (χ4n) is 3.16.